The number of carbonyl (C=O) groups is 1. The van der Waals surface area contributed by atoms with E-state index < -0.39 is 0 Å². The lowest BCUT2D eigenvalue weighted by Gasteiger charge is -2.30. The zero-order valence-electron chi connectivity index (χ0n) is 12.3. The van der Waals surface area contributed by atoms with Crippen LogP contribution in [0.1, 0.15) is 23.4 Å². The zero-order valence-corrected chi connectivity index (χ0v) is 13.1. The number of ether oxygens (including phenoxy) is 1. The van der Waals surface area contributed by atoms with Crippen LogP contribution in [0, 0.1) is 5.92 Å². The highest BCUT2D eigenvalue weighted by Gasteiger charge is 2.37. The number of carbonyl (C=O) groups excluding carboxylic acids is 1. The fourth-order valence-electron chi connectivity index (χ4n) is 2.97. The fourth-order valence-corrected chi connectivity index (χ4v) is 3.59. The predicted molar refractivity (Wildman–Crippen MR) is 84.8 cm³/mol. The smallest absolute Gasteiger partial charge is 0.230 e. The Hall–Kier alpha value is -1.88. The third-order valence-electron chi connectivity index (χ3n) is 4.29. The summed E-state index contributed by atoms with van der Waals surface area (Å²) in [5.41, 5.74) is 1.14. The molecule has 0 N–H and O–H groups in total. The Kier molecular flexibility index (Phi) is 3.58. The largest absolute Gasteiger partial charge is 0.492 e. The van der Waals surface area contributed by atoms with E-state index in [2.05, 4.69) is 11.1 Å². The van der Waals surface area contributed by atoms with Crippen molar-refractivity contribution in [1.29, 1.82) is 0 Å². The van der Waals surface area contributed by atoms with E-state index in [-0.39, 0.29) is 11.8 Å². The molecule has 1 saturated carbocycles. The van der Waals surface area contributed by atoms with E-state index in [1.54, 1.807) is 17.5 Å². The standard InChI is InChI=1S/C17H18N2O2S/c20-17(13-9-12-3-1-2-4-15(12)21-11-13)19(14-5-6-14)10-16-18-7-8-22-16/h1-4,7-8,13-14H,5-6,9-11H2/t13-/m0/s1. The third kappa shape index (κ3) is 2.73. The number of hydrogen-bond donors (Lipinski definition) is 0. The topological polar surface area (TPSA) is 42.4 Å². The van der Waals surface area contributed by atoms with Gasteiger partial charge in [0.25, 0.3) is 0 Å². The summed E-state index contributed by atoms with van der Waals surface area (Å²) in [6.45, 7) is 1.12. The van der Waals surface area contributed by atoms with Gasteiger partial charge in [-0.1, -0.05) is 18.2 Å². The maximum atomic E-state index is 12.9. The van der Waals surface area contributed by atoms with Gasteiger partial charge in [0, 0.05) is 17.6 Å². The Labute approximate surface area is 133 Å². The number of nitrogens with zero attached hydrogens (tertiary/aromatic N) is 2. The van der Waals surface area contributed by atoms with E-state index in [4.69, 9.17) is 4.74 Å². The average molecular weight is 314 g/mol. The summed E-state index contributed by atoms with van der Waals surface area (Å²) < 4.78 is 5.78. The molecule has 0 unspecified atom stereocenters. The number of fused-ring (bicyclic) bond motifs is 1. The molecule has 1 fully saturated rings. The number of benzene rings is 1. The highest BCUT2D eigenvalue weighted by atomic mass is 32.1. The summed E-state index contributed by atoms with van der Waals surface area (Å²) in [6.07, 6.45) is 4.80. The van der Waals surface area contributed by atoms with Crippen molar-refractivity contribution in [3.05, 3.63) is 46.4 Å². The first kappa shape index (κ1) is 13.8. The second kappa shape index (κ2) is 5.72. The Morgan fingerprint density at radius 3 is 3.00 bits per heavy atom. The van der Waals surface area contributed by atoms with Gasteiger partial charge in [0.05, 0.1) is 12.5 Å². The Morgan fingerprint density at radius 2 is 2.23 bits per heavy atom. The molecule has 1 atom stereocenters. The third-order valence-corrected chi connectivity index (χ3v) is 5.05. The molecular weight excluding hydrogens is 296 g/mol. The second-order valence-corrected chi connectivity index (χ2v) is 6.92. The second-order valence-electron chi connectivity index (χ2n) is 5.94. The van der Waals surface area contributed by atoms with Gasteiger partial charge in [-0.2, -0.15) is 0 Å². The molecule has 2 aliphatic rings. The molecule has 4 rings (SSSR count). The van der Waals surface area contributed by atoms with Crippen molar-refractivity contribution in [1.82, 2.24) is 9.88 Å². The van der Waals surface area contributed by atoms with Gasteiger partial charge in [0.1, 0.15) is 17.4 Å². The molecule has 0 radical (unpaired) electrons. The fraction of sp³-hybridized carbons (Fsp3) is 0.412. The van der Waals surface area contributed by atoms with Gasteiger partial charge in [0.2, 0.25) is 5.91 Å². The molecule has 1 aliphatic heterocycles. The van der Waals surface area contributed by atoms with Gasteiger partial charge in [-0.25, -0.2) is 4.98 Å². The van der Waals surface area contributed by atoms with Gasteiger partial charge < -0.3 is 9.64 Å². The van der Waals surface area contributed by atoms with Crippen LogP contribution < -0.4 is 4.74 Å². The molecule has 2 heterocycles. The monoisotopic (exact) mass is 314 g/mol. The summed E-state index contributed by atoms with van der Waals surface area (Å²) in [4.78, 5) is 19.3. The predicted octanol–water partition coefficient (Wildman–Crippen LogP) is 2.89. The minimum absolute atomic E-state index is 0.0736. The SMILES string of the molecule is O=C([C@@H]1COc2ccccc2C1)N(Cc1nccs1)C1CC1. The average Bonchev–Trinajstić information content (AvgIpc) is 3.27. The molecule has 2 aromatic rings. The number of thiazole rings is 1. The molecule has 1 aliphatic carbocycles. The van der Waals surface area contributed by atoms with Crippen LogP contribution in [-0.2, 0) is 17.8 Å². The van der Waals surface area contributed by atoms with Crippen LogP contribution in [0.5, 0.6) is 5.75 Å². The first-order valence-corrected chi connectivity index (χ1v) is 8.59. The highest BCUT2D eigenvalue weighted by Crippen LogP contribution is 2.33. The number of amides is 1. The summed E-state index contributed by atoms with van der Waals surface area (Å²) in [5, 5.41) is 2.97. The van der Waals surface area contributed by atoms with Gasteiger partial charge >= 0.3 is 0 Å². The first-order chi connectivity index (χ1) is 10.8. The molecule has 22 heavy (non-hydrogen) atoms. The minimum atomic E-state index is -0.0736. The molecule has 0 saturated heterocycles. The van der Waals surface area contributed by atoms with E-state index in [1.165, 1.54) is 0 Å². The molecule has 1 amide bonds. The zero-order chi connectivity index (χ0) is 14.9. The van der Waals surface area contributed by atoms with Crippen molar-refractivity contribution in [3.63, 3.8) is 0 Å². The van der Waals surface area contributed by atoms with E-state index in [9.17, 15) is 4.79 Å². The normalized spacial score (nSPS) is 20.1. The van der Waals surface area contributed by atoms with Crippen LogP contribution in [0.2, 0.25) is 0 Å². The quantitative estimate of drug-likeness (QED) is 0.871. The molecule has 5 heteroatoms. The van der Waals surface area contributed by atoms with Crippen LogP contribution in [0.3, 0.4) is 0 Å². The molecule has 0 spiro atoms. The van der Waals surface area contributed by atoms with Crippen LogP contribution in [-0.4, -0.2) is 28.4 Å². The van der Waals surface area contributed by atoms with Crippen molar-refractivity contribution in [2.75, 3.05) is 6.61 Å². The van der Waals surface area contributed by atoms with Crippen LogP contribution in [0.15, 0.2) is 35.8 Å². The Bertz CT molecular complexity index is 667. The van der Waals surface area contributed by atoms with Gasteiger partial charge in [0.15, 0.2) is 0 Å². The van der Waals surface area contributed by atoms with Gasteiger partial charge in [-0.05, 0) is 30.9 Å². The molecule has 114 valence electrons. The number of aromatic nitrogens is 1. The van der Waals surface area contributed by atoms with E-state index in [0.29, 0.717) is 19.2 Å². The molecule has 1 aromatic heterocycles. The minimum Gasteiger partial charge on any atom is -0.492 e. The Balaban J connectivity index is 1.50. The number of rotatable bonds is 4. The maximum Gasteiger partial charge on any atom is 0.230 e. The summed E-state index contributed by atoms with van der Waals surface area (Å²) in [6, 6.07) is 8.40. The van der Waals surface area contributed by atoms with Crippen LogP contribution >= 0.6 is 11.3 Å². The van der Waals surface area contributed by atoms with Crippen molar-refractivity contribution in [2.45, 2.75) is 31.8 Å². The number of para-hydroxylation sites is 1. The van der Waals surface area contributed by atoms with Crippen molar-refractivity contribution >= 4 is 17.2 Å². The van der Waals surface area contributed by atoms with E-state index in [1.807, 2.05) is 28.5 Å². The van der Waals surface area contributed by atoms with E-state index in [0.717, 1.165) is 35.6 Å². The van der Waals surface area contributed by atoms with Gasteiger partial charge in [-0.15, -0.1) is 11.3 Å². The van der Waals surface area contributed by atoms with Crippen molar-refractivity contribution < 1.29 is 9.53 Å². The van der Waals surface area contributed by atoms with Crippen molar-refractivity contribution in [3.8, 4) is 5.75 Å². The maximum absolute atomic E-state index is 12.9. The van der Waals surface area contributed by atoms with Crippen molar-refractivity contribution in [2.24, 2.45) is 5.92 Å². The van der Waals surface area contributed by atoms with Gasteiger partial charge in [-0.3, -0.25) is 4.79 Å². The lowest BCUT2D eigenvalue weighted by molar-refractivity contribution is -0.138. The lowest BCUT2D eigenvalue weighted by Crippen LogP contribution is -2.41. The molecule has 0 bridgehead atoms. The Morgan fingerprint density at radius 1 is 1.36 bits per heavy atom. The number of hydrogen-bond acceptors (Lipinski definition) is 4. The summed E-state index contributed by atoms with van der Waals surface area (Å²) in [5.74, 6) is 1.06. The van der Waals surface area contributed by atoms with Crippen LogP contribution in [0.25, 0.3) is 0 Å². The summed E-state index contributed by atoms with van der Waals surface area (Å²) in [7, 11) is 0. The van der Waals surface area contributed by atoms with E-state index >= 15 is 0 Å². The molecule has 4 nitrogen and oxygen atoms in total. The first-order valence-electron chi connectivity index (χ1n) is 7.71. The van der Waals surface area contributed by atoms with Crippen LogP contribution in [0.4, 0.5) is 0 Å². The summed E-state index contributed by atoms with van der Waals surface area (Å²) >= 11 is 1.61. The lowest BCUT2D eigenvalue weighted by atomic mass is 9.95. The molecule has 1 aromatic carbocycles. The highest BCUT2D eigenvalue weighted by molar-refractivity contribution is 7.09. The molecular formula is C17H18N2O2S.